The van der Waals surface area contributed by atoms with Gasteiger partial charge in [-0.3, -0.25) is 14.4 Å². The Morgan fingerprint density at radius 3 is 1.19 bits per heavy atom. The third kappa shape index (κ3) is 26.4. The van der Waals surface area contributed by atoms with Crippen molar-refractivity contribution in [3.63, 3.8) is 0 Å². The molecule has 8 nitrogen and oxygen atoms in total. The molecule has 6 atom stereocenters. The van der Waals surface area contributed by atoms with Crippen LogP contribution in [0.4, 0.5) is 0 Å². The van der Waals surface area contributed by atoms with Crippen LogP contribution >= 0.6 is 0 Å². The molecule has 0 radical (unpaired) electrons. The first-order valence-corrected chi connectivity index (χ1v) is 22.6. The van der Waals surface area contributed by atoms with Crippen molar-refractivity contribution in [2.75, 3.05) is 0 Å². The molecule has 3 aliphatic rings. The van der Waals surface area contributed by atoms with Gasteiger partial charge in [0.1, 0.15) is 0 Å². The summed E-state index contributed by atoms with van der Waals surface area (Å²) in [5, 5.41) is 19.7. The molecule has 308 valence electrons. The molecule has 3 amide bonds. The van der Waals surface area contributed by atoms with E-state index < -0.39 is 11.9 Å². The average Bonchev–Trinajstić information content (AvgIpc) is 3.10. The van der Waals surface area contributed by atoms with Crippen LogP contribution in [0.2, 0.25) is 0 Å². The number of unbranched alkanes of at least 4 members (excludes halogenated alkanes) is 14. The van der Waals surface area contributed by atoms with E-state index in [1.54, 1.807) is 0 Å². The number of amides is 3. The molecule has 54 heavy (non-hydrogen) atoms. The molecule has 0 aromatic rings. The summed E-state index contributed by atoms with van der Waals surface area (Å²) in [6, 6.07) is 0.552. The molecule has 0 aromatic carbocycles. The van der Waals surface area contributed by atoms with Crippen molar-refractivity contribution in [3.8, 4) is 0 Å². The molecule has 3 fully saturated rings. The summed E-state index contributed by atoms with van der Waals surface area (Å²) in [5.74, 6) is 0.0314. The third-order valence-corrected chi connectivity index (χ3v) is 12.1. The molecular formula is C45H82KN3O5. The number of nitrogens with one attached hydrogen (secondary N) is 3. The minimum absolute atomic E-state index is 0. The van der Waals surface area contributed by atoms with Crippen LogP contribution in [-0.2, 0) is 19.2 Å². The van der Waals surface area contributed by atoms with E-state index in [-0.39, 0.29) is 106 Å². The second-order valence-corrected chi connectivity index (χ2v) is 17.7. The van der Waals surface area contributed by atoms with Crippen molar-refractivity contribution in [2.45, 2.75) is 238 Å². The summed E-state index contributed by atoms with van der Waals surface area (Å²) in [4.78, 5) is 49.2. The van der Waals surface area contributed by atoms with Gasteiger partial charge < -0.3 is 25.9 Å². The zero-order valence-corrected chi connectivity index (χ0v) is 38.9. The largest absolute Gasteiger partial charge is 1.00 e. The summed E-state index contributed by atoms with van der Waals surface area (Å²) in [5.41, 5.74) is 0. The molecule has 3 aliphatic carbocycles. The Morgan fingerprint density at radius 2 is 0.852 bits per heavy atom. The maximum absolute atomic E-state index is 13.2. The Hall–Kier alpha value is -0.484. The van der Waals surface area contributed by atoms with E-state index in [1.165, 1.54) is 103 Å². The standard InChI is InChI=1S/C27H47N3O3.C18H36O2.K/c1-18-7-4-10-22(13-18)28-25(31)16-21(27(33)30-24-12-6-9-20(3)15-24)17-26(32)29-23-11-5-8-19(2)14-23;1-2-3-4-5-6-7-8-9-10-11-12-13-14-15-16-17-18(19)20;/h18-24H,4-17H2,1-3H3,(H,28,31)(H,29,32)(H,30,33);2-17H2,1H3,(H,19,20);/q;;+1/p-1. The van der Waals surface area contributed by atoms with Gasteiger partial charge in [-0.05, 0) is 69.1 Å². The van der Waals surface area contributed by atoms with Gasteiger partial charge in [-0.2, -0.15) is 0 Å². The zero-order valence-electron chi connectivity index (χ0n) is 35.8. The van der Waals surface area contributed by atoms with Gasteiger partial charge in [0, 0.05) is 36.9 Å². The number of rotatable bonds is 24. The Kier molecular flexibility index (Phi) is 31.0. The quantitative estimate of drug-likeness (QED) is 0.0765. The first kappa shape index (κ1) is 51.5. The van der Waals surface area contributed by atoms with Crippen molar-refractivity contribution in [1.82, 2.24) is 16.0 Å². The van der Waals surface area contributed by atoms with Gasteiger partial charge in [0.25, 0.3) is 0 Å². The van der Waals surface area contributed by atoms with Crippen LogP contribution in [0.3, 0.4) is 0 Å². The number of carbonyl (C=O) groups is 4. The second-order valence-electron chi connectivity index (χ2n) is 17.7. The molecule has 9 heteroatoms. The van der Waals surface area contributed by atoms with Crippen molar-refractivity contribution in [2.24, 2.45) is 23.7 Å². The smallest absolute Gasteiger partial charge is 0.550 e. The first-order valence-electron chi connectivity index (χ1n) is 22.6. The van der Waals surface area contributed by atoms with Gasteiger partial charge >= 0.3 is 51.4 Å². The van der Waals surface area contributed by atoms with Crippen LogP contribution in [-0.4, -0.2) is 41.8 Å². The first-order chi connectivity index (χ1) is 25.5. The minimum Gasteiger partial charge on any atom is -0.550 e. The minimum atomic E-state index is -0.903. The normalized spacial score (nSPS) is 24.5. The second kappa shape index (κ2) is 32.5. The Labute approximate surface area is 374 Å². The maximum atomic E-state index is 13.2. The van der Waals surface area contributed by atoms with Gasteiger partial charge in [-0.1, -0.05) is 156 Å². The molecule has 3 rings (SSSR count). The summed E-state index contributed by atoms with van der Waals surface area (Å²) >= 11 is 0. The van der Waals surface area contributed by atoms with Crippen LogP contribution in [0.1, 0.15) is 220 Å². The zero-order chi connectivity index (χ0) is 38.7. The van der Waals surface area contributed by atoms with Gasteiger partial charge in [0.15, 0.2) is 0 Å². The van der Waals surface area contributed by atoms with E-state index in [0.29, 0.717) is 17.8 Å². The van der Waals surface area contributed by atoms with Crippen molar-refractivity contribution < 1.29 is 75.7 Å². The topological polar surface area (TPSA) is 127 Å². The van der Waals surface area contributed by atoms with Crippen molar-refractivity contribution in [1.29, 1.82) is 0 Å². The summed E-state index contributed by atoms with van der Waals surface area (Å²) in [6.45, 7) is 8.96. The Balaban J connectivity index is 0.000000601. The predicted molar refractivity (Wildman–Crippen MR) is 216 cm³/mol. The molecule has 3 saturated carbocycles. The van der Waals surface area contributed by atoms with E-state index >= 15 is 0 Å². The van der Waals surface area contributed by atoms with Crippen LogP contribution in [0.5, 0.6) is 0 Å². The fourth-order valence-corrected chi connectivity index (χ4v) is 8.93. The molecule has 6 unspecified atom stereocenters. The number of carboxylic acid groups (broad SMARTS) is 1. The monoisotopic (exact) mass is 784 g/mol. The molecule has 0 saturated heterocycles. The molecular weight excluding hydrogens is 702 g/mol. The SMILES string of the molecule is CC1CCCC(NC(=O)CC(CC(=O)NC2CCCC(C)C2)C(=O)NC2CCCC(C)C2)C1.CCCCCCCCCCCCCCCCCC(=O)[O-].[K+]. The van der Waals surface area contributed by atoms with Gasteiger partial charge in [0.2, 0.25) is 17.7 Å². The molecule has 0 spiro atoms. The Bertz CT molecular complexity index is 974. The molecule has 3 N–H and O–H groups in total. The van der Waals surface area contributed by atoms with Crippen LogP contribution in [0, 0.1) is 23.7 Å². The fourth-order valence-electron chi connectivity index (χ4n) is 8.93. The number of hydrogen-bond acceptors (Lipinski definition) is 5. The van der Waals surface area contributed by atoms with Gasteiger partial charge in [-0.25, -0.2) is 0 Å². The molecule has 0 bridgehead atoms. The number of carboxylic acids is 1. The van der Waals surface area contributed by atoms with Crippen LogP contribution in [0.25, 0.3) is 0 Å². The maximum Gasteiger partial charge on any atom is 1.00 e. The number of carbonyl (C=O) groups excluding carboxylic acids is 4. The average molecular weight is 784 g/mol. The summed E-state index contributed by atoms with van der Waals surface area (Å²) in [6.07, 6.45) is 33.1. The van der Waals surface area contributed by atoms with Crippen molar-refractivity contribution in [3.05, 3.63) is 0 Å². The predicted octanol–water partition coefficient (Wildman–Crippen LogP) is 6.47. The van der Waals surface area contributed by atoms with Gasteiger partial charge in [-0.15, -0.1) is 0 Å². The molecule has 0 aromatic heterocycles. The third-order valence-electron chi connectivity index (χ3n) is 12.1. The number of hydrogen-bond donors (Lipinski definition) is 3. The summed E-state index contributed by atoms with van der Waals surface area (Å²) < 4.78 is 0. The van der Waals surface area contributed by atoms with Crippen molar-refractivity contribution >= 4 is 23.7 Å². The van der Waals surface area contributed by atoms with E-state index in [4.69, 9.17) is 0 Å². The van der Waals surface area contributed by atoms with Gasteiger partial charge in [0.05, 0.1) is 5.92 Å². The fraction of sp³-hybridized carbons (Fsp3) is 0.911. The van der Waals surface area contributed by atoms with Crippen LogP contribution < -0.4 is 72.4 Å². The Morgan fingerprint density at radius 1 is 0.519 bits per heavy atom. The van der Waals surface area contributed by atoms with E-state index in [2.05, 4.69) is 43.6 Å². The number of aliphatic carboxylic acids is 1. The summed E-state index contributed by atoms with van der Waals surface area (Å²) in [7, 11) is 0. The van der Waals surface area contributed by atoms with E-state index in [0.717, 1.165) is 70.6 Å². The molecule has 0 aliphatic heterocycles. The molecule has 0 heterocycles. The van der Waals surface area contributed by atoms with E-state index in [1.807, 2.05) is 0 Å². The van der Waals surface area contributed by atoms with E-state index in [9.17, 15) is 24.3 Å². The van der Waals surface area contributed by atoms with Crippen LogP contribution in [0.15, 0.2) is 0 Å².